The maximum Gasteiger partial charge on any atom is 0.0541 e. The minimum Gasteiger partial charge on any atom is -0.355 e. The van der Waals surface area contributed by atoms with Crippen LogP contribution in [0.2, 0.25) is 0 Å². The summed E-state index contributed by atoms with van der Waals surface area (Å²) >= 11 is 0. The Kier molecular flexibility index (Phi) is 5.49. The first-order chi connectivity index (χ1) is 18.9. The topological polar surface area (TPSA) is 20.7 Å². The van der Waals surface area contributed by atoms with E-state index in [-0.39, 0.29) is 0 Å². The monoisotopic (exact) mass is 486 g/mol. The zero-order chi connectivity index (χ0) is 25.3. The quantitative estimate of drug-likeness (QED) is 0.251. The van der Waals surface area contributed by atoms with E-state index in [2.05, 4.69) is 161 Å². The van der Waals surface area contributed by atoms with Gasteiger partial charge in [-0.3, -0.25) is 0 Å². The van der Waals surface area contributed by atoms with Crippen molar-refractivity contribution < 1.29 is 0 Å². The van der Waals surface area contributed by atoms with Crippen molar-refractivity contribution in [3.63, 3.8) is 0 Å². The summed E-state index contributed by atoms with van der Waals surface area (Å²) in [5.41, 5.74) is 8.60. The number of hydrogen-bond acceptors (Lipinski definition) is 0. The van der Waals surface area contributed by atoms with Crippen molar-refractivity contribution in [3.8, 4) is 16.8 Å². The minimum absolute atomic E-state index is 1.19. The van der Waals surface area contributed by atoms with Crippen molar-refractivity contribution in [3.05, 3.63) is 152 Å². The molecule has 2 heterocycles. The van der Waals surface area contributed by atoms with Crippen LogP contribution in [0.1, 0.15) is 0 Å². The van der Waals surface area contributed by atoms with E-state index in [1.165, 1.54) is 60.4 Å². The highest BCUT2D eigenvalue weighted by Gasteiger charge is 2.11. The molecule has 6 aromatic carbocycles. The Morgan fingerprint density at radius 2 is 0.763 bits per heavy atom. The summed E-state index contributed by atoms with van der Waals surface area (Å²) in [7, 11) is 0. The number of fused-ring (bicyclic) bond motifs is 6. The fourth-order valence-corrected chi connectivity index (χ4v) is 5.43. The average Bonchev–Trinajstić information content (AvgIpc) is 3.54. The van der Waals surface area contributed by atoms with E-state index in [1.807, 2.05) is 0 Å². The molecule has 0 saturated heterocycles. The third kappa shape index (κ3) is 3.84. The second-order valence-corrected chi connectivity index (χ2v) is 9.50. The second-order valence-electron chi connectivity index (χ2n) is 9.50. The van der Waals surface area contributed by atoms with E-state index in [1.54, 1.807) is 0 Å². The van der Waals surface area contributed by atoms with Crippen LogP contribution < -0.4 is 0 Å². The Morgan fingerprint density at radius 1 is 0.342 bits per heavy atom. The van der Waals surface area contributed by atoms with Gasteiger partial charge in [0.1, 0.15) is 0 Å². The lowest BCUT2D eigenvalue weighted by molar-refractivity contribution is 1.18. The lowest BCUT2D eigenvalue weighted by Crippen LogP contribution is -1.93. The summed E-state index contributed by atoms with van der Waals surface area (Å²) in [6.07, 6.45) is 0. The molecule has 8 aromatic rings. The summed E-state index contributed by atoms with van der Waals surface area (Å²) in [5, 5.41) is 5.20. The number of aromatic amines is 1. The van der Waals surface area contributed by atoms with Crippen LogP contribution >= 0.6 is 0 Å². The zero-order valence-electron chi connectivity index (χ0n) is 20.9. The fourth-order valence-electron chi connectivity index (χ4n) is 5.43. The molecule has 8 rings (SSSR count). The van der Waals surface area contributed by atoms with E-state index in [0.29, 0.717) is 0 Å². The minimum atomic E-state index is 1.19. The number of para-hydroxylation sites is 4. The molecule has 0 aliphatic carbocycles. The molecule has 0 fully saturated rings. The van der Waals surface area contributed by atoms with Gasteiger partial charge >= 0.3 is 0 Å². The molecule has 1 N–H and O–H groups in total. The number of aromatic nitrogens is 2. The molecule has 0 spiro atoms. The van der Waals surface area contributed by atoms with E-state index >= 15 is 0 Å². The Balaban J connectivity index is 0.000000156. The SMILES string of the molecule is c1ccc(-c2ccc(-n3c4ccccc4c4ccccc43)cc2)cc1.c1ccc2c(c1)[nH]c1ccccc12. The number of hydrogen-bond donors (Lipinski definition) is 1. The fraction of sp³-hybridized carbons (Fsp3) is 0. The predicted octanol–water partition coefficient (Wildman–Crippen LogP) is 9.77. The lowest BCUT2D eigenvalue weighted by Gasteiger charge is -2.09. The van der Waals surface area contributed by atoms with E-state index < -0.39 is 0 Å². The van der Waals surface area contributed by atoms with Gasteiger partial charge in [0.05, 0.1) is 11.0 Å². The molecule has 0 saturated carbocycles. The van der Waals surface area contributed by atoms with Crippen molar-refractivity contribution in [2.75, 3.05) is 0 Å². The molecule has 0 amide bonds. The van der Waals surface area contributed by atoms with Gasteiger partial charge in [-0.25, -0.2) is 0 Å². The first-order valence-electron chi connectivity index (χ1n) is 13.0. The lowest BCUT2D eigenvalue weighted by atomic mass is 10.1. The van der Waals surface area contributed by atoms with Crippen LogP contribution in [0.4, 0.5) is 0 Å². The smallest absolute Gasteiger partial charge is 0.0541 e. The van der Waals surface area contributed by atoms with Crippen LogP contribution in [0.25, 0.3) is 60.4 Å². The van der Waals surface area contributed by atoms with Crippen LogP contribution in [0.3, 0.4) is 0 Å². The van der Waals surface area contributed by atoms with Crippen LogP contribution in [-0.2, 0) is 0 Å². The molecular formula is C36H26N2. The third-order valence-corrected chi connectivity index (χ3v) is 7.23. The highest BCUT2D eigenvalue weighted by Crippen LogP contribution is 2.32. The molecule has 0 bridgehead atoms. The largest absolute Gasteiger partial charge is 0.355 e. The second kappa shape index (κ2) is 9.42. The standard InChI is InChI=1S/C24H17N.C12H9N/c1-2-8-18(9-3-1)19-14-16-20(17-15-19)25-23-12-6-4-10-21(23)22-11-5-7-13-24(22)25;1-3-7-11-9(5-1)10-6-2-4-8-12(10)13-11/h1-17H;1-8,13H. The van der Waals surface area contributed by atoms with Crippen molar-refractivity contribution in [2.24, 2.45) is 0 Å². The molecule has 0 unspecified atom stereocenters. The predicted molar refractivity (Wildman–Crippen MR) is 162 cm³/mol. The van der Waals surface area contributed by atoms with Gasteiger partial charge in [0, 0.05) is 38.3 Å². The van der Waals surface area contributed by atoms with Crippen molar-refractivity contribution in [1.82, 2.24) is 9.55 Å². The summed E-state index contributed by atoms with van der Waals surface area (Å²) in [5.74, 6) is 0. The normalized spacial score (nSPS) is 11.2. The van der Waals surface area contributed by atoms with Crippen LogP contribution in [0.5, 0.6) is 0 Å². The number of benzene rings is 6. The van der Waals surface area contributed by atoms with Crippen molar-refractivity contribution in [2.45, 2.75) is 0 Å². The van der Waals surface area contributed by atoms with E-state index in [9.17, 15) is 0 Å². The van der Waals surface area contributed by atoms with Crippen LogP contribution in [-0.4, -0.2) is 9.55 Å². The van der Waals surface area contributed by atoms with Gasteiger partial charge < -0.3 is 9.55 Å². The molecule has 0 aliphatic rings. The Bertz CT molecular complexity index is 1910. The van der Waals surface area contributed by atoms with Gasteiger partial charge in [-0.1, -0.05) is 115 Å². The van der Waals surface area contributed by atoms with Gasteiger partial charge in [0.2, 0.25) is 0 Å². The van der Waals surface area contributed by atoms with Crippen LogP contribution in [0.15, 0.2) is 152 Å². The first kappa shape index (κ1) is 22.1. The third-order valence-electron chi connectivity index (χ3n) is 7.23. The summed E-state index contributed by atoms with van der Waals surface area (Å²) < 4.78 is 2.35. The zero-order valence-corrected chi connectivity index (χ0v) is 20.9. The van der Waals surface area contributed by atoms with Gasteiger partial charge in [-0.05, 0) is 47.5 Å². The van der Waals surface area contributed by atoms with Gasteiger partial charge in [-0.15, -0.1) is 0 Å². The molecule has 2 aromatic heterocycles. The maximum atomic E-state index is 3.38. The maximum absolute atomic E-state index is 3.38. The number of nitrogens with zero attached hydrogens (tertiary/aromatic N) is 1. The Morgan fingerprint density at radius 3 is 1.32 bits per heavy atom. The van der Waals surface area contributed by atoms with E-state index in [4.69, 9.17) is 0 Å². The molecule has 0 atom stereocenters. The average molecular weight is 487 g/mol. The molecule has 2 nitrogen and oxygen atoms in total. The summed E-state index contributed by atoms with van der Waals surface area (Å²) in [6.45, 7) is 0. The molecule has 0 radical (unpaired) electrons. The molecular weight excluding hydrogens is 460 g/mol. The van der Waals surface area contributed by atoms with Gasteiger partial charge in [-0.2, -0.15) is 0 Å². The van der Waals surface area contributed by atoms with E-state index in [0.717, 1.165) is 0 Å². The highest BCUT2D eigenvalue weighted by atomic mass is 15.0. The Labute approximate surface area is 221 Å². The van der Waals surface area contributed by atoms with Crippen molar-refractivity contribution in [1.29, 1.82) is 0 Å². The molecule has 38 heavy (non-hydrogen) atoms. The molecule has 180 valence electrons. The van der Waals surface area contributed by atoms with Crippen LogP contribution in [0, 0.1) is 0 Å². The summed E-state index contributed by atoms with van der Waals surface area (Å²) in [6, 6.07) is 53.3. The first-order valence-corrected chi connectivity index (χ1v) is 13.0. The molecule has 2 heteroatoms. The number of rotatable bonds is 2. The van der Waals surface area contributed by atoms with Gasteiger partial charge in [0.25, 0.3) is 0 Å². The Hall–Kier alpha value is -5.08. The molecule has 0 aliphatic heterocycles. The number of H-pyrrole nitrogens is 1. The highest BCUT2D eigenvalue weighted by molar-refractivity contribution is 6.09. The summed E-state index contributed by atoms with van der Waals surface area (Å²) in [4.78, 5) is 3.38. The number of nitrogens with one attached hydrogen (secondary N) is 1. The van der Waals surface area contributed by atoms with Crippen molar-refractivity contribution >= 4 is 43.6 Å². The van der Waals surface area contributed by atoms with Gasteiger partial charge in [0.15, 0.2) is 0 Å².